The zero-order valence-electron chi connectivity index (χ0n) is 8.49. The minimum Gasteiger partial charge on any atom is -0.391 e. The topological polar surface area (TPSA) is 40.5 Å². The molecule has 1 aromatic carbocycles. The Balaban J connectivity index is 2.24. The number of β-amino-alcohol motifs (C(OH)–C–C–N with tert-alkyl or cyclic N) is 1. The average Bonchev–Trinajstić information content (AvgIpc) is 2.68. The van der Waals surface area contributed by atoms with E-state index in [1.807, 2.05) is 0 Å². The van der Waals surface area contributed by atoms with E-state index < -0.39 is 23.6 Å². The number of hydrogen-bond acceptors (Lipinski definition) is 2. The summed E-state index contributed by atoms with van der Waals surface area (Å²) in [4.78, 5) is 13.1. The fourth-order valence-corrected chi connectivity index (χ4v) is 1.77. The molecule has 16 heavy (non-hydrogen) atoms. The molecular formula is C11H11F2NO2. The van der Waals surface area contributed by atoms with Crippen LogP contribution in [-0.2, 0) is 0 Å². The number of benzene rings is 1. The second kappa shape index (κ2) is 4.17. The number of likely N-dealkylation sites (tertiary alicyclic amines) is 1. The van der Waals surface area contributed by atoms with E-state index in [-0.39, 0.29) is 12.1 Å². The van der Waals surface area contributed by atoms with Gasteiger partial charge in [0.25, 0.3) is 5.91 Å². The summed E-state index contributed by atoms with van der Waals surface area (Å²) in [5.41, 5.74) is -0.283. The summed E-state index contributed by atoms with van der Waals surface area (Å²) >= 11 is 0. The number of aliphatic hydroxyl groups excluding tert-OH is 1. The summed E-state index contributed by atoms with van der Waals surface area (Å²) in [6.45, 7) is 0.546. The van der Waals surface area contributed by atoms with Gasteiger partial charge in [-0.15, -0.1) is 0 Å². The highest BCUT2D eigenvalue weighted by Gasteiger charge is 2.27. The van der Waals surface area contributed by atoms with E-state index in [1.54, 1.807) is 0 Å². The summed E-state index contributed by atoms with van der Waals surface area (Å²) in [5, 5.41) is 9.26. The predicted octanol–water partition coefficient (Wildman–Crippen LogP) is 1.17. The maximum atomic E-state index is 13.3. The van der Waals surface area contributed by atoms with E-state index in [2.05, 4.69) is 0 Å². The van der Waals surface area contributed by atoms with E-state index >= 15 is 0 Å². The van der Waals surface area contributed by atoms with Crippen molar-refractivity contribution in [1.82, 2.24) is 4.90 Å². The molecule has 0 spiro atoms. The Morgan fingerprint density at radius 2 is 2.19 bits per heavy atom. The molecule has 5 heteroatoms. The Morgan fingerprint density at radius 3 is 2.81 bits per heavy atom. The van der Waals surface area contributed by atoms with Gasteiger partial charge in [0.05, 0.1) is 11.7 Å². The molecule has 1 amide bonds. The van der Waals surface area contributed by atoms with Crippen LogP contribution in [0.1, 0.15) is 16.8 Å². The Kier molecular flexibility index (Phi) is 2.87. The smallest absolute Gasteiger partial charge is 0.257 e. The third-order valence-electron chi connectivity index (χ3n) is 2.63. The van der Waals surface area contributed by atoms with Crippen molar-refractivity contribution >= 4 is 5.91 Å². The summed E-state index contributed by atoms with van der Waals surface area (Å²) in [5.74, 6) is -2.74. The number of halogens is 2. The Morgan fingerprint density at radius 1 is 1.44 bits per heavy atom. The Hall–Kier alpha value is -1.49. The van der Waals surface area contributed by atoms with Gasteiger partial charge in [0, 0.05) is 13.1 Å². The van der Waals surface area contributed by atoms with Crippen molar-refractivity contribution in [3.8, 4) is 0 Å². The highest BCUT2D eigenvalue weighted by atomic mass is 19.2. The van der Waals surface area contributed by atoms with Crippen LogP contribution < -0.4 is 0 Å². The lowest BCUT2D eigenvalue weighted by molar-refractivity contribution is 0.0759. The van der Waals surface area contributed by atoms with Crippen molar-refractivity contribution in [2.75, 3.05) is 13.1 Å². The van der Waals surface area contributed by atoms with Gasteiger partial charge in [-0.25, -0.2) is 8.78 Å². The third-order valence-corrected chi connectivity index (χ3v) is 2.63. The van der Waals surface area contributed by atoms with E-state index in [0.717, 1.165) is 6.07 Å². The molecule has 1 aliphatic heterocycles. The fraction of sp³-hybridized carbons (Fsp3) is 0.364. The molecule has 1 atom stereocenters. The number of carbonyl (C=O) groups is 1. The largest absolute Gasteiger partial charge is 0.391 e. The Labute approximate surface area is 91.3 Å². The van der Waals surface area contributed by atoms with Gasteiger partial charge in [-0.3, -0.25) is 4.79 Å². The molecule has 1 heterocycles. The highest BCUT2D eigenvalue weighted by molar-refractivity contribution is 5.94. The minimum atomic E-state index is -1.13. The lowest BCUT2D eigenvalue weighted by atomic mass is 10.2. The molecule has 3 nitrogen and oxygen atoms in total. The normalized spacial score (nSPS) is 20.2. The first kappa shape index (κ1) is 11.0. The van der Waals surface area contributed by atoms with Gasteiger partial charge in [-0.2, -0.15) is 0 Å². The molecule has 1 fully saturated rings. The number of rotatable bonds is 1. The molecule has 2 rings (SSSR count). The molecule has 0 aromatic heterocycles. The van der Waals surface area contributed by atoms with E-state index in [0.29, 0.717) is 13.0 Å². The lowest BCUT2D eigenvalue weighted by Crippen LogP contribution is -2.30. The van der Waals surface area contributed by atoms with Gasteiger partial charge in [0.2, 0.25) is 0 Å². The van der Waals surface area contributed by atoms with E-state index in [9.17, 15) is 18.7 Å². The minimum absolute atomic E-state index is 0.175. The molecule has 1 N–H and O–H groups in total. The van der Waals surface area contributed by atoms with Crippen LogP contribution in [0.25, 0.3) is 0 Å². The van der Waals surface area contributed by atoms with Crippen LogP contribution in [0.5, 0.6) is 0 Å². The molecular weight excluding hydrogens is 216 g/mol. The van der Waals surface area contributed by atoms with Gasteiger partial charge < -0.3 is 10.0 Å². The molecule has 1 saturated heterocycles. The summed E-state index contributed by atoms with van der Waals surface area (Å²) < 4.78 is 26.2. The maximum Gasteiger partial charge on any atom is 0.257 e. The lowest BCUT2D eigenvalue weighted by Gasteiger charge is -2.15. The van der Waals surface area contributed by atoms with E-state index in [4.69, 9.17) is 0 Å². The van der Waals surface area contributed by atoms with Crippen LogP contribution in [0.15, 0.2) is 18.2 Å². The standard InChI is InChI=1S/C11H11F2NO2/c12-9-3-1-2-8(10(9)13)11(16)14-5-4-7(15)6-14/h1-3,7,15H,4-6H2/t7-/m1/s1. The molecule has 1 aromatic rings. The maximum absolute atomic E-state index is 13.3. The van der Waals surface area contributed by atoms with Crippen LogP contribution in [0, 0.1) is 11.6 Å². The molecule has 1 aliphatic rings. The fourth-order valence-electron chi connectivity index (χ4n) is 1.77. The number of amides is 1. The number of carbonyl (C=O) groups excluding carboxylic acids is 1. The predicted molar refractivity (Wildman–Crippen MR) is 52.9 cm³/mol. The van der Waals surface area contributed by atoms with Gasteiger partial charge in [-0.1, -0.05) is 6.07 Å². The van der Waals surface area contributed by atoms with Crippen molar-refractivity contribution in [3.63, 3.8) is 0 Å². The quantitative estimate of drug-likeness (QED) is 0.782. The molecule has 0 aliphatic carbocycles. The van der Waals surface area contributed by atoms with Crippen molar-refractivity contribution in [2.45, 2.75) is 12.5 Å². The summed E-state index contributed by atoms with van der Waals surface area (Å²) in [6.07, 6.45) is -0.0940. The Bertz CT molecular complexity index is 422. The van der Waals surface area contributed by atoms with Crippen LogP contribution in [0.3, 0.4) is 0 Å². The first-order valence-corrected chi connectivity index (χ1v) is 5.01. The highest BCUT2D eigenvalue weighted by Crippen LogP contribution is 2.17. The second-order valence-electron chi connectivity index (χ2n) is 3.80. The van der Waals surface area contributed by atoms with Gasteiger partial charge in [-0.05, 0) is 18.6 Å². The summed E-state index contributed by atoms with van der Waals surface area (Å²) in [7, 11) is 0. The zero-order chi connectivity index (χ0) is 11.7. The van der Waals surface area contributed by atoms with Crippen molar-refractivity contribution in [2.24, 2.45) is 0 Å². The van der Waals surface area contributed by atoms with Crippen molar-refractivity contribution in [3.05, 3.63) is 35.4 Å². The molecule has 0 radical (unpaired) electrons. The number of nitrogens with zero attached hydrogens (tertiary/aromatic N) is 1. The van der Waals surface area contributed by atoms with Crippen molar-refractivity contribution in [1.29, 1.82) is 0 Å². The van der Waals surface area contributed by atoms with Gasteiger partial charge in [0.15, 0.2) is 11.6 Å². The summed E-state index contributed by atoms with van der Waals surface area (Å²) in [6, 6.07) is 3.49. The second-order valence-corrected chi connectivity index (χ2v) is 3.80. The third kappa shape index (κ3) is 1.90. The molecule has 86 valence electrons. The van der Waals surface area contributed by atoms with Crippen LogP contribution >= 0.6 is 0 Å². The average molecular weight is 227 g/mol. The number of aliphatic hydroxyl groups is 1. The van der Waals surface area contributed by atoms with Crippen LogP contribution in [-0.4, -0.2) is 35.1 Å². The van der Waals surface area contributed by atoms with E-state index in [1.165, 1.54) is 17.0 Å². The van der Waals surface area contributed by atoms with Crippen molar-refractivity contribution < 1.29 is 18.7 Å². The SMILES string of the molecule is O=C(c1cccc(F)c1F)N1CC[C@@H](O)C1. The van der Waals surface area contributed by atoms with Crippen LogP contribution in [0.4, 0.5) is 8.78 Å². The molecule has 0 unspecified atom stereocenters. The first-order valence-electron chi connectivity index (χ1n) is 5.01. The van der Waals surface area contributed by atoms with Crippen LogP contribution in [0.2, 0.25) is 0 Å². The first-order chi connectivity index (χ1) is 7.59. The number of hydrogen-bond donors (Lipinski definition) is 1. The van der Waals surface area contributed by atoms with Gasteiger partial charge >= 0.3 is 0 Å². The zero-order valence-corrected chi connectivity index (χ0v) is 8.49. The monoisotopic (exact) mass is 227 g/mol. The van der Waals surface area contributed by atoms with Gasteiger partial charge in [0.1, 0.15) is 0 Å². The molecule has 0 saturated carbocycles. The molecule has 0 bridgehead atoms.